The van der Waals surface area contributed by atoms with Gasteiger partial charge in [-0.3, -0.25) is 4.79 Å². The molecular weight excluding hydrogens is 390 g/mol. The summed E-state index contributed by atoms with van der Waals surface area (Å²) in [6.07, 6.45) is -0.883. The molecule has 7 heteroatoms. The van der Waals surface area contributed by atoms with Gasteiger partial charge in [-0.2, -0.15) is 0 Å². The van der Waals surface area contributed by atoms with Gasteiger partial charge in [-0.05, 0) is 23.8 Å². The summed E-state index contributed by atoms with van der Waals surface area (Å²) in [5.74, 6) is 0.0404. The number of carbonyl (C=O) groups is 2. The van der Waals surface area contributed by atoms with E-state index < -0.39 is 12.1 Å². The number of para-hydroxylation sites is 2. The normalized spacial score (nSPS) is 15.3. The Morgan fingerprint density at radius 1 is 1.12 bits per heavy atom. The van der Waals surface area contributed by atoms with Gasteiger partial charge in [0.1, 0.15) is 6.61 Å². The van der Waals surface area contributed by atoms with Crippen LogP contribution < -0.4 is 14.8 Å². The Labute approximate surface area is 153 Å². The molecule has 0 spiro atoms. The number of esters is 1. The molecule has 130 valence electrons. The van der Waals surface area contributed by atoms with Crippen LogP contribution in [0.1, 0.15) is 5.56 Å². The molecule has 1 heterocycles. The van der Waals surface area contributed by atoms with Crippen molar-refractivity contribution >= 4 is 27.8 Å². The maximum absolute atomic E-state index is 12.0. The quantitative estimate of drug-likeness (QED) is 0.773. The summed E-state index contributed by atoms with van der Waals surface area (Å²) in [5, 5.41) is 2.70. The van der Waals surface area contributed by atoms with Gasteiger partial charge in [0.15, 0.2) is 18.1 Å². The molecule has 0 fully saturated rings. The molecule has 0 aromatic heterocycles. The SMILES string of the molecule is O=C(COC(=O)[C@H]1COc2ccccc2O1)NCc1ccccc1Br. The summed E-state index contributed by atoms with van der Waals surface area (Å²) in [4.78, 5) is 23.9. The van der Waals surface area contributed by atoms with Gasteiger partial charge in [0.05, 0.1) is 0 Å². The second-order valence-corrected chi connectivity index (χ2v) is 6.19. The number of ether oxygens (including phenoxy) is 3. The van der Waals surface area contributed by atoms with Crippen LogP contribution in [0, 0.1) is 0 Å². The smallest absolute Gasteiger partial charge is 0.351 e. The number of halogens is 1. The van der Waals surface area contributed by atoms with E-state index in [1.54, 1.807) is 18.2 Å². The standard InChI is InChI=1S/C18H16BrNO5/c19-13-6-2-1-5-12(13)9-20-17(21)11-24-18(22)16-10-23-14-7-3-4-8-15(14)25-16/h1-8,16H,9-11H2,(H,20,21)/t16-/m1/s1. The molecule has 6 nitrogen and oxygen atoms in total. The van der Waals surface area contributed by atoms with Gasteiger partial charge in [0.25, 0.3) is 5.91 Å². The van der Waals surface area contributed by atoms with E-state index in [1.165, 1.54) is 0 Å². The first kappa shape index (κ1) is 17.3. The predicted octanol–water partition coefficient (Wildman–Crippen LogP) is 2.45. The van der Waals surface area contributed by atoms with E-state index >= 15 is 0 Å². The van der Waals surface area contributed by atoms with Crippen molar-refractivity contribution < 1.29 is 23.8 Å². The molecule has 2 aromatic rings. The van der Waals surface area contributed by atoms with Crippen LogP contribution in [0.25, 0.3) is 0 Å². The lowest BCUT2D eigenvalue weighted by atomic mass is 10.2. The maximum Gasteiger partial charge on any atom is 0.351 e. The molecule has 0 unspecified atom stereocenters. The largest absolute Gasteiger partial charge is 0.485 e. The zero-order chi connectivity index (χ0) is 17.6. The van der Waals surface area contributed by atoms with E-state index in [0.717, 1.165) is 10.0 Å². The van der Waals surface area contributed by atoms with Crippen molar-refractivity contribution in [1.82, 2.24) is 5.32 Å². The van der Waals surface area contributed by atoms with Gasteiger partial charge < -0.3 is 19.5 Å². The van der Waals surface area contributed by atoms with Crippen LogP contribution in [0.15, 0.2) is 53.0 Å². The summed E-state index contributed by atoms with van der Waals surface area (Å²) < 4.78 is 16.9. The lowest BCUT2D eigenvalue weighted by Gasteiger charge is -2.24. The lowest BCUT2D eigenvalue weighted by molar-refractivity contribution is -0.157. The fourth-order valence-electron chi connectivity index (χ4n) is 2.25. The summed E-state index contributed by atoms with van der Waals surface area (Å²) in [6, 6.07) is 14.6. The number of rotatable bonds is 5. The number of amides is 1. The van der Waals surface area contributed by atoms with Gasteiger partial charge in [0, 0.05) is 11.0 Å². The molecule has 0 bridgehead atoms. The van der Waals surface area contributed by atoms with E-state index in [1.807, 2.05) is 30.3 Å². The van der Waals surface area contributed by atoms with Crippen LogP contribution in [0.5, 0.6) is 11.5 Å². The first-order chi connectivity index (χ1) is 12.1. The highest BCUT2D eigenvalue weighted by atomic mass is 79.9. The monoisotopic (exact) mass is 405 g/mol. The maximum atomic E-state index is 12.0. The molecule has 0 saturated carbocycles. The Kier molecular flexibility index (Phi) is 5.55. The van der Waals surface area contributed by atoms with Crippen LogP contribution >= 0.6 is 15.9 Å². The van der Waals surface area contributed by atoms with Crippen molar-refractivity contribution in [3.63, 3.8) is 0 Å². The van der Waals surface area contributed by atoms with Crippen LogP contribution in [-0.2, 0) is 20.9 Å². The number of fused-ring (bicyclic) bond motifs is 1. The number of hydrogen-bond acceptors (Lipinski definition) is 5. The Bertz CT molecular complexity index is 780. The van der Waals surface area contributed by atoms with E-state index in [0.29, 0.717) is 18.0 Å². The molecule has 1 aliphatic rings. The molecule has 1 atom stereocenters. The molecule has 0 saturated heterocycles. The minimum atomic E-state index is -0.883. The summed E-state index contributed by atoms with van der Waals surface area (Å²) in [5.41, 5.74) is 0.933. The van der Waals surface area contributed by atoms with E-state index in [4.69, 9.17) is 14.2 Å². The molecule has 1 aliphatic heterocycles. The third-order valence-electron chi connectivity index (χ3n) is 3.55. The Balaban J connectivity index is 1.45. The summed E-state index contributed by atoms with van der Waals surface area (Å²) in [7, 11) is 0. The Morgan fingerprint density at radius 3 is 2.64 bits per heavy atom. The van der Waals surface area contributed by atoms with Crippen LogP contribution in [0.2, 0.25) is 0 Å². The molecule has 3 rings (SSSR count). The zero-order valence-electron chi connectivity index (χ0n) is 13.2. The highest BCUT2D eigenvalue weighted by Crippen LogP contribution is 2.31. The van der Waals surface area contributed by atoms with Gasteiger partial charge >= 0.3 is 5.97 Å². The Morgan fingerprint density at radius 2 is 1.84 bits per heavy atom. The summed E-state index contributed by atoms with van der Waals surface area (Å²) in [6.45, 7) is 0.0213. The van der Waals surface area contributed by atoms with Crippen molar-refractivity contribution in [3.05, 3.63) is 58.6 Å². The molecule has 2 aromatic carbocycles. The third kappa shape index (κ3) is 4.51. The average molecular weight is 406 g/mol. The average Bonchev–Trinajstić information content (AvgIpc) is 2.65. The second kappa shape index (κ2) is 8.02. The van der Waals surface area contributed by atoms with Crippen molar-refractivity contribution in [3.8, 4) is 11.5 Å². The minimum Gasteiger partial charge on any atom is -0.485 e. The van der Waals surface area contributed by atoms with Crippen molar-refractivity contribution in [2.75, 3.05) is 13.2 Å². The zero-order valence-corrected chi connectivity index (χ0v) is 14.8. The first-order valence-corrected chi connectivity index (χ1v) is 8.48. The fraction of sp³-hybridized carbons (Fsp3) is 0.222. The van der Waals surface area contributed by atoms with Crippen LogP contribution in [0.4, 0.5) is 0 Å². The van der Waals surface area contributed by atoms with E-state index in [9.17, 15) is 9.59 Å². The topological polar surface area (TPSA) is 73.9 Å². The molecular formula is C18H16BrNO5. The van der Waals surface area contributed by atoms with Crippen molar-refractivity contribution in [2.24, 2.45) is 0 Å². The molecule has 1 N–H and O–H groups in total. The number of benzene rings is 2. The number of hydrogen-bond donors (Lipinski definition) is 1. The van der Waals surface area contributed by atoms with Crippen molar-refractivity contribution in [1.29, 1.82) is 0 Å². The van der Waals surface area contributed by atoms with Gasteiger partial charge in [-0.15, -0.1) is 0 Å². The van der Waals surface area contributed by atoms with Gasteiger partial charge in [-0.1, -0.05) is 46.3 Å². The fourth-order valence-corrected chi connectivity index (χ4v) is 2.68. The van der Waals surface area contributed by atoms with Gasteiger partial charge in [-0.25, -0.2) is 4.79 Å². The summed E-state index contributed by atoms with van der Waals surface area (Å²) >= 11 is 3.41. The highest BCUT2D eigenvalue weighted by molar-refractivity contribution is 9.10. The minimum absolute atomic E-state index is 0.0500. The third-order valence-corrected chi connectivity index (χ3v) is 4.32. The first-order valence-electron chi connectivity index (χ1n) is 7.68. The van der Waals surface area contributed by atoms with Crippen LogP contribution in [-0.4, -0.2) is 31.2 Å². The molecule has 0 aliphatic carbocycles. The van der Waals surface area contributed by atoms with Crippen molar-refractivity contribution in [2.45, 2.75) is 12.6 Å². The predicted molar refractivity (Wildman–Crippen MR) is 93.3 cm³/mol. The van der Waals surface area contributed by atoms with Gasteiger partial charge in [0.2, 0.25) is 6.10 Å². The highest BCUT2D eigenvalue weighted by Gasteiger charge is 2.29. The van der Waals surface area contributed by atoms with E-state index in [2.05, 4.69) is 21.2 Å². The lowest BCUT2D eigenvalue weighted by Crippen LogP contribution is -2.39. The Hall–Kier alpha value is -2.54. The molecule has 25 heavy (non-hydrogen) atoms. The number of nitrogens with one attached hydrogen (secondary N) is 1. The number of carbonyl (C=O) groups excluding carboxylic acids is 2. The molecule has 0 radical (unpaired) electrons. The second-order valence-electron chi connectivity index (χ2n) is 5.34. The van der Waals surface area contributed by atoms with E-state index in [-0.39, 0.29) is 19.1 Å². The molecule has 1 amide bonds. The van der Waals surface area contributed by atoms with Crippen LogP contribution in [0.3, 0.4) is 0 Å².